The highest BCUT2D eigenvalue weighted by Gasteiger charge is 2.28. The van der Waals surface area contributed by atoms with Gasteiger partial charge in [0.2, 0.25) is 0 Å². The highest BCUT2D eigenvalue weighted by Crippen LogP contribution is 2.30. The zero-order valence-electron chi connectivity index (χ0n) is 22.2. The van der Waals surface area contributed by atoms with Crippen molar-refractivity contribution >= 4 is 15.9 Å². The average Bonchev–Trinajstić information content (AvgIpc) is 3.10. The summed E-state index contributed by atoms with van der Waals surface area (Å²) < 4.78 is 1.31. The molecule has 0 bridgehead atoms. The van der Waals surface area contributed by atoms with Gasteiger partial charge in [-0.2, -0.15) is 0 Å². The fourth-order valence-electron chi connectivity index (χ4n) is 5.09. The second-order valence-corrected chi connectivity index (χ2v) is 10.9. The van der Waals surface area contributed by atoms with Crippen LogP contribution in [0.4, 0.5) is 0 Å². The number of nitrogens with zero attached hydrogens (tertiary/aromatic N) is 2. The van der Waals surface area contributed by atoms with Crippen LogP contribution in [0.2, 0.25) is 0 Å². The molecule has 0 aromatic carbocycles. The lowest BCUT2D eigenvalue weighted by Crippen LogP contribution is -2.39. The van der Waals surface area contributed by atoms with Crippen molar-refractivity contribution in [3.63, 3.8) is 0 Å². The molecule has 3 heteroatoms. The summed E-state index contributed by atoms with van der Waals surface area (Å²) in [5.41, 5.74) is 0. The van der Waals surface area contributed by atoms with Gasteiger partial charge in [0.05, 0.1) is 4.61 Å². The Morgan fingerprint density at radius 3 is 1.34 bits per heavy atom. The Kier molecular flexibility index (Phi) is 19.9. The molecule has 0 aromatic heterocycles. The van der Waals surface area contributed by atoms with Gasteiger partial charge in [0.1, 0.15) is 6.17 Å². The highest BCUT2D eigenvalue weighted by molar-refractivity contribution is 9.11. The van der Waals surface area contributed by atoms with Gasteiger partial charge in [-0.1, -0.05) is 136 Å². The largest absolute Gasteiger partial charge is 0.355 e. The lowest BCUT2D eigenvalue weighted by atomic mass is 10.1. The molecule has 0 amide bonds. The van der Waals surface area contributed by atoms with Crippen molar-refractivity contribution in [1.29, 1.82) is 0 Å². The van der Waals surface area contributed by atoms with E-state index in [2.05, 4.69) is 52.7 Å². The number of hydrogen-bond donors (Lipinski definition) is 0. The monoisotopic (exact) mass is 512 g/mol. The summed E-state index contributed by atoms with van der Waals surface area (Å²) in [4.78, 5) is 5.21. The smallest absolute Gasteiger partial charge is 0.101 e. The predicted molar refractivity (Wildman–Crippen MR) is 148 cm³/mol. The van der Waals surface area contributed by atoms with Crippen molar-refractivity contribution in [2.75, 3.05) is 13.1 Å². The van der Waals surface area contributed by atoms with Crippen LogP contribution in [0.25, 0.3) is 0 Å². The molecule has 0 saturated heterocycles. The Labute approximate surface area is 211 Å². The molecule has 1 heterocycles. The number of hydrogen-bond acceptors (Lipinski definition) is 2. The van der Waals surface area contributed by atoms with Gasteiger partial charge >= 0.3 is 0 Å². The summed E-state index contributed by atoms with van der Waals surface area (Å²) in [7, 11) is 0. The van der Waals surface area contributed by atoms with E-state index < -0.39 is 0 Å². The molecule has 190 valence electrons. The minimum absolute atomic E-state index is 0.571. The first-order chi connectivity index (χ1) is 15.7. The van der Waals surface area contributed by atoms with E-state index in [0.717, 1.165) is 0 Å². The van der Waals surface area contributed by atoms with Gasteiger partial charge in [-0.15, -0.1) is 0 Å². The van der Waals surface area contributed by atoms with Crippen molar-refractivity contribution in [3.05, 3.63) is 10.8 Å². The summed E-state index contributed by atoms with van der Waals surface area (Å²) in [5.74, 6) is 0. The molecule has 0 fully saturated rings. The quantitative estimate of drug-likeness (QED) is 0.0990. The summed E-state index contributed by atoms with van der Waals surface area (Å²) in [6, 6.07) is 0. The maximum Gasteiger partial charge on any atom is 0.101 e. The number of rotatable bonds is 23. The second-order valence-electron chi connectivity index (χ2n) is 10.1. The van der Waals surface area contributed by atoms with Crippen molar-refractivity contribution in [2.24, 2.45) is 0 Å². The van der Waals surface area contributed by atoms with Gasteiger partial charge in [-0.3, -0.25) is 0 Å². The van der Waals surface area contributed by atoms with Crippen LogP contribution in [-0.4, -0.2) is 29.1 Å². The Hall–Kier alpha value is -0.180. The summed E-state index contributed by atoms with van der Waals surface area (Å²) in [6.45, 7) is 9.38. The van der Waals surface area contributed by atoms with Crippen LogP contribution in [0.3, 0.4) is 0 Å². The van der Waals surface area contributed by atoms with E-state index in [1.165, 1.54) is 153 Å². The van der Waals surface area contributed by atoms with Gasteiger partial charge in [0.25, 0.3) is 0 Å². The third kappa shape index (κ3) is 14.2. The molecule has 0 spiro atoms. The Bertz CT molecular complexity index is 437. The van der Waals surface area contributed by atoms with Gasteiger partial charge < -0.3 is 9.80 Å². The van der Waals surface area contributed by atoms with E-state index in [4.69, 9.17) is 0 Å². The second kappa shape index (κ2) is 21.4. The van der Waals surface area contributed by atoms with Gasteiger partial charge in [-0.25, -0.2) is 0 Å². The van der Waals surface area contributed by atoms with Crippen LogP contribution in [0.1, 0.15) is 156 Å². The van der Waals surface area contributed by atoms with Crippen LogP contribution >= 0.6 is 15.9 Å². The van der Waals surface area contributed by atoms with Crippen LogP contribution in [-0.2, 0) is 0 Å². The zero-order chi connectivity index (χ0) is 23.3. The van der Waals surface area contributed by atoms with Gasteiger partial charge in [0, 0.05) is 19.3 Å². The fourth-order valence-corrected chi connectivity index (χ4v) is 5.77. The van der Waals surface area contributed by atoms with E-state index in [-0.39, 0.29) is 0 Å². The standard InChI is InChI=1S/C29H57BrN2/c1-4-7-9-11-13-15-17-19-21-23-25-31-27-28(30)32(29(31)6-3)26-24-22-20-18-16-14-12-10-8-5-2/h27,29H,4-26H2,1-3H3. The topological polar surface area (TPSA) is 6.48 Å². The first kappa shape index (κ1) is 29.9. The summed E-state index contributed by atoms with van der Waals surface area (Å²) in [5, 5.41) is 0. The maximum absolute atomic E-state index is 3.86. The first-order valence-electron chi connectivity index (χ1n) is 14.6. The summed E-state index contributed by atoms with van der Waals surface area (Å²) in [6.07, 6.45) is 32.5. The van der Waals surface area contributed by atoms with Crippen LogP contribution < -0.4 is 0 Å². The molecule has 32 heavy (non-hydrogen) atoms. The molecule has 1 atom stereocenters. The minimum atomic E-state index is 0.571. The van der Waals surface area contributed by atoms with E-state index in [0.29, 0.717) is 6.17 Å². The SMILES string of the molecule is CCCCCCCCCCCCN1C=C(Br)N(CCCCCCCCCCCC)C1CC. The Morgan fingerprint density at radius 2 is 0.938 bits per heavy atom. The lowest BCUT2D eigenvalue weighted by Gasteiger charge is -2.33. The highest BCUT2D eigenvalue weighted by atomic mass is 79.9. The third-order valence-corrected chi connectivity index (χ3v) is 7.84. The molecule has 0 saturated carbocycles. The Balaban J connectivity index is 2.06. The van der Waals surface area contributed by atoms with E-state index in [1.54, 1.807) is 0 Å². The molecule has 0 radical (unpaired) electrons. The van der Waals surface area contributed by atoms with Crippen molar-refractivity contribution in [1.82, 2.24) is 9.80 Å². The van der Waals surface area contributed by atoms with Crippen LogP contribution in [0.5, 0.6) is 0 Å². The average molecular weight is 514 g/mol. The van der Waals surface area contributed by atoms with Crippen molar-refractivity contribution < 1.29 is 0 Å². The molecule has 1 rings (SSSR count). The van der Waals surface area contributed by atoms with Crippen LogP contribution in [0, 0.1) is 0 Å². The van der Waals surface area contributed by atoms with Crippen molar-refractivity contribution in [2.45, 2.75) is 162 Å². The van der Waals surface area contributed by atoms with Crippen molar-refractivity contribution in [3.8, 4) is 0 Å². The molecule has 0 N–H and O–H groups in total. The van der Waals surface area contributed by atoms with Crippen LogP contribution in [0.15, 0.2) is 10.8 Å². The molecule has 1 aliphatic heterocycles. The number of unbranched alkanes of at least 4 members (excludes halogenated alkanes) is 18. The summed E-state index contributed by atoms with van der Waals surface area (Å²) >= 11 is 3.86. The molecule has 0 aromatic rings. The lowest BCUT2D eigenvalue weighted by molar-refractivity contribution is 0.142. The molecular formula is C29H57BrN2. The molecular weight excluding hydrogens is 456 g/mol. The predicted octanol–water partition coefficient (Wildman–Crippen LogP) is 10.4. The molecule has 1 aliphatic rings. The Morgan fingerprint density at radius 1 is 0.562 bits per heavy atom. The van der Waals surface area contributed by atoms with Gasteiger partial charge in [-0.05, 0) is 35.2 Å². The molecule has 2 nitrogen and oxygen atoms in total. The first-order valence-corrected chi connectivity index (χ1v) is 15.4. The molecule has 1 unspecified atom stereocenters. The third-order valence-electron chi connectivity index (χ3n) is 7.18. The molecule has 0 aliphatic carbocycles. The van der Waals surface area contributed by atoms with E-state index in [9.17, 15) is 0 Å². The number of halogens is 1. The van der Waals surface area contributed by atoms with E-state index >= 15 is 0 Å². The van der Waals surface area contributed by atoms with Gasteiger partial charge in [0.15, 0.2) is 0 Å². The van der Waals surface area contributed by atoms with E-state index in [1.807, 2.05) is 0 Å². The maximum atomic E-state index is 3.86. The zero-order valence-corrected chi connectivity index (χ0v) is 23.8. The normalized spacial score (nSPS) is 16.2. The minimum Gasteiger partial charge on any atom is -0.355 e. The fraction of sp³-hybridized carbons (Fsp3) is 0.931.